The molecule has 0 fully saturated rings. The monoisotopic (exact) mass is 394 g/mol. The van der Waals surface area contributed by atoms with Crippen LogP contribution in [0, 0.1) is 17.2 Å². The molecule has 0 N–H and O–H groups in total. The number of halogens is 2. The Bertz CT molecular complexity index is 815. The zero-order chi connectivity index (χ0) is 20.1. The van der Waals surface area contributed by atoms with E-state index in [1.54, 1.807) is 45.2 Å². The molecule has 2 rings (SSSR count). The van der Waals surface area contributed by atoms with E-state index in [0.717, 1.165) is 0 Å². The van der Waals surface area contributed by atoms with Gasteiger partial charge in [-0.05, 0) is 33.1 Å². The minimum absolute atomic E-state index is 0.0808. The van der Waals surface area contributed by atoms with Crippen molar-refractivity contribution in [2.24, 2.45) is 10.9 Å². The second-order valence-corrected chi connectivity index (χ2v) is 6.94. The van der Waals surface area contributed by atoms with Gasteiger partial charge in [0, 0.05) is 17.2 Å². The number of nitrogens with zero attached hydrogens (tertiary/aromatic N) is 2. The van der Waals surface area contributed by atoms with Crippen molar-refractivity contribution in [1.82, 2.24) is 0 Å². The highest BCUT2D eigenvalue weighted by atomic mass is 32.2. The van der Waals surface area contributed by atoms with Crippen LogP contribution in [0.4, 0.5) is 8.78 Å². The zero-order valence-corrected chi connectivity index (χ0v) is 16.2. The molecular formula is C19H20F2N2O3S. The molecule has 1 aliphatic rings. The van der Waals surface area contributed by atoms with Gasteiger partial charge in [-0.1, -0.05) is 18.2 Å². The number of nitriles is 1. The van der Waals surface area contributed by atoms with Crippen molar-refractivity contribution < 1.29 is 23.0 Å². The maximum Gasteiger partial charge on any atom is 0.387 e. The van der Waals surface area contributed by atoms with Crippen LogP contribution in [-0.2, 0) is 9.53 Å². The average Bonchev–Trinajstić information content (AvgIpc) is 2.59. The van der Waals surface area contributed by atoms with Crippen LogP contribution < -0.4 is 4.74 Å². The van der Waals surface area contributed by atoms with Gasteiger partial charge in [0.15, 0.2) is 0 Å². The summed E-state index contributed by atoms with van der Waals surface area (Å²) in [5.74, 6) is -2.37. The molecule has 0 aliphatic carbocycles. The lowest BCUT2D eigenvalue weighted by Crippen LogP contribution is -2.35. The largest absolute Gasteiger partial charge is 0.462 e. The molecule has 0 radical (unpaired) electrons. The first-order chi connectivity index (χ1) is 12.8. The van der Waals surface area contributed by atoms with Crippen molar-refractivity contribution in [1.29, 1.82) is 5.26 Å². The van der Waals surface area contributed by atoms with Crippen molar-refractivity contribution >= 4 is 23.4 Å². The van der Waals surface area contributed by atoms with Crippen molar-refractivity contribution in [3.8, 4) is 11.8 Å². The highest BCUT2D eigenvalue weighted by Gasteiger charge is 2.42. The topological polar surface area (TPSA) is 71.7 Å². The van der Waals surface area contributed by atoms with Crippen LogP contribution in [0.5, 0.6) is 5.75 Å². The molecule has 1 aromatic rings. The fraction of sp³-hybridized carbons (Fsp3) is 0.421. The number of alkyl halides is 2. The number of carbonyl (C=O) groups is 1. The molecule has 144 valence electrons. The molecule has 5 nitrogen and oxygen atoms in total. The predicted octanol–water partition coefficient (Wildman–Crippen LogP) is 4.51. The second-order valence-electron chi connectivity index (χ2n) is 6.15. The van der Waals surface area contributed by atoms with Gasteiger partial charge in [0.05, 0.1) is 17.7 Å². The molecule has 0 aromatic heterocycles. The van der Waals surface area contributed by atoms with Crippen molar-refractivity contribution in [2.45, 2.75) is 39.4 Å². The van der Waals surface area contributed by atoms with Crippen LogP contribution in [0.15, 0.2) is 39.9 Å². The summed E-state index contributed by atoms with van der Waals surface area (Å²) in [4.78, 5) is 17.1. The third-order valence-corrected chi connectivity index (χ3v) is 4.69. The molecule has 0 bridgehead atoms. The minimum Gasteiger partial charge on any atom is -0.462 e. The van der Waals surface area contributed by atoms with E-state index in [9.17, 15) is 18.8 Å². The zero-order valence-electron chi connectivity index (χ0n) is 15.4. The summed E-state index contributed by atoms with van der Waals surface area (Å²) in [5, 5.41) is 10.2. The number of thioether (sulfide) groups is 1. The lowest BCUT2D eigenvalue weighted by atomic mass is 9.77. The Morgan fingerprint density at radius 3 is 2.56 bits per heavy atom. The Kier molecular flexibility index (Phi) is 6.97. The van der Waals surface area contributed by atoms with E-state index in [4.69, 9.17) is 4.74 Å². The number of rotatable bonds is 6. The van der Waals surface area contributed by atoms with Gasteiger partial charge in [0.1, 0.15) is 16.7 Å². The van der Waals surface area contributed by atoms with Gasteiger partial charge < -0.3 is 9.47 Å². The van der Waals surface area contributed by atoms with Gasteiger partial charge >= 0.3 is 12.6 Å². The minimum atomic E-state index is -3.03. The Labute approximate surface area is 161 Å². The van der Waals surface area contributed by atoms with E-state index in [1.807, 2.05) is 0 Å². The van der Waals surface area contributed by atoms with Gasteiger partial charge in [0.2, 0.25) is 0 Å². The molecule has 2 atom stereocenters. The van der Waals surface area contributed by atoms with Gasteiger partial charge in [-0.2, -0.15) is 14.0 Å². The van der Waals surface area contributed by atoms with E-state index in [-0.39, 0.29) is 17.4 Å². The van der Waals surface area contributed by atoms with Crippen molar-refractivity contribution in [3.63, 3.8) is 0 Å². The molecule has 0 amide bonds. The van der Waals surface area contributed by atoms with Crippen LogP contribution in [0.25, 0.3) is 0 Å². The third kappa shape index (κ3) is 4.66. The van der Waals surface area contributed by atoms with Crippen LogP contribution in [-0.4, -0.2) is 30.7 Å². The standard InChI is InChI=1S/C19H20F2N2O3S/c1-10(2)25-18(24)15-11(3)23-17(27-4)13(9-22)16(15)12-7-5-6-8-14(12)26-19(20)21/h5-8,10,15-16,19H,1-4H3/t15?,16-/m0/s1. The fourth-order valence-electron chi connectivity index (χ4n) is 2.99. The summed E-state index contributed by atoms with van der Waals surface area (Å²) in [5.41, 5.74) is 1.01. The number of ether oxygens (including phenoxy) is 2. The molecule has 0 saturated heterocycles. The van der Waals surface area contributed by atoms with Crippen molar-refractivity contribution in [2.75, 3.05) is 6.26 Å². The Balaban J connectivity index is 2.66. The van der Waals surface area contributed by atoms with E-state index < -0.39 is 24.4 Å². The Morgan fingerprint density at radius 2 is 2.00 bits per heavy atom. The predicted molar refractivity (Wildman–Crippen MR) is 99.8 cm³/mol. The third-order valence-electron chi connectivity index (χ3n) is 3.99. The quantitative estimate of drug-likeness (QED) is 0.664. The lowest BCUT2D eigenvalue weighted by Gasteiger charge is -2.31. The SMILES string of the molecule is CSC1=C(C#N)[C@H](c2ccccc2OC(F)F)C(C(=O)OC(C)C)C(C)=N1. The van der Waals surface area contributed by atoms with Gasteiger partial charge in [-0.25, -0.2) is 4.99 Å². The number of aliphatic imine (C=N–C) groups is 1. The van der Waals surface area contributed by atoms with Crippen LogP contribution >= 0.6 is 11.8 Å². The Morgan fingerprint density at radius 1 is 1.33 bits per heavy atom. The summed E-state index contributed by atoms with van der Waals surface area (Å²) in [7, 11) is 0. The number of esters is 1. The number of para-hydroxylation sites is 1. The molecule has 0 spiro atoms. The fourth-order valence-corrected chi connectivity index (χ4v) is 3.62. The first-order valence-electron chi connectivity index (χ1n) is 8.27. The number of benzene rings is 1. The van der Waals surface area contributed by atoms with Gasteiger partial charge in [-0.3, -0.25) is 4.79 Å². The number of hydrogen-bond acceptors (Lipinski definition) is 6. The maximum absolute atomic E-state index is 12.9. The van der Waals surface area contributed by atoms with Gasteiger partial charge in [-0.15, -0.1) is 11.8 Å². The van der Waals surface area contributed by atoms with E-state index >= 15 is 0 Å². The van der Waals surface area contributed by atoms with Gasteiger partial charge in [0.25, 0.3) is 0 Å². The summed E-state index contributed by atoms with van der Waals surface area (Å²) in [6.07, 6.45) is 1.39. The molecule has 8 heteroatoms. The summed E-state index contributed by atoms with van der Waals surface area (Å²) < 4.78 is 35.7. The lowest BCUT2D eigenvalue weighted by molar-refractivity contribution is -0.150. The first kappa shape index (κ1) is 20.9. The summed E-state index contributed by atoms with van der Waals surface area (Å²) >= 11 is 1.26. The smallest absolute Gasteiger partial charge is 0.387 e. The van der Waals surface area contributed by atoms with Crippen LogP contribution in [0.3, 0.4) is 0 Å². The molecule has 1 aliphatic heterocycles. The van der Waals surface area contributed by atoms with E-state index in [0.29, 0.717) is 16.3 Å². The maximum atomic E-state index is 12.9. The normalized spacial score (nSPS) is 19.7. The molecule has 1 aromatic carbocycles. The highest BCUT2D eigenvalue weighted by molar-refractivity contribution is 8.02. The van der Waals surface area contributed by atoms with Crippen LogP contribution in [0.1, 0.15) is 32.3 Å². The number of hydrogen-bond donors (Lipinski definition) is 0. The van der Waals surface area contributed by atoms with E-state index in [1.165, 1.54) is 17.8 Å². The Hall–Kier alpha value is -2.40. The molecule has 0 saturated carbocycles. The molecule has 27 heavy (non-hydrogen) atoms. The molecule has 1 unspecified atom stereocenters. The number of allylic oxidation sites excluding steroid dienone is 1. The van der Waals surface area contributed by atoms with Crippen LogP contribution in [0.2, 0.25) is 0 Å². The average molecular weight is 394 g/mol. The number of carbonyl (C=O) groups excluding carboxylic acids is 1. The molecular weight excluding hydrogens is 374 g/mol. The summed E-state index contributed by atoms with van der Waals surface area (Å²) in [6, 6.07) is 8.26. The molecule has 1 heterocycles. The second kappa shape index (κ2) is 9.00. The summed E-state index contributed by atoms with van der Waals surface area (Å²) in [6.45, 7) is 2.06. The van der Waals surface area contributed by atoms with Crippen molar-refractivity contribution in [3.05, 3.63) is 40.4 Å². The first-order valence-corrected chi connectivity index (χ1v) is 9.50. The highest BCUT2D eigenvalue weighted by Crippen LogP contribution is 2.44. The van der Waals surface area contributed by atoms with E-state index in [2.05, 4.69) is 15.8 Å².